The number of rotatable bonds is 4. The maximum Gasteiger partial charge on any atom is 0.236 e. The Morgan fingerprint density at radius 1 is 1.43 bits per heavy atom. The number of piperidine rings is 1. The molecule has 1 aliphatic rings. The van der Waals surface area contributed by atoms with Gasteiger partial charge in [0.15, 0.2) is 0 Å². The lowest BCUT2D eigenvalue weighted by Crippen LogP contribution is -2.47. The Balaban J connectivity index is 1.87. The summed E-state index contributed by atoms with van der Waals surface area (Å²) in [5.41, 5.74) is 2.39. The topological polar surface area (TPSA) is 43.8 Å². The minimum Gasteiger partial charge on any atom is -0.392 e. The van der Waals surface area contributed by atoms with Gasteiger partial charge in [-0.25, -0.2) is 0 Å². The van der Waals surface area contributed by atoms with Crippen LogP contribution in [-0.4, -0.2) is 53.6 Å². The number of aliphatic hydroxyl groups is 1. The molecule has 1 aliphatic heterocycles. The van der Waals surface area contributed by atoms with Gasteiger partial charge in [-0.1, -0.05) is 31.2 Å². The molecule has 0 radical (unpaired) electrons. The van der Waals surface area contributed by atoms with Crippen molar-refractivity contribution in [2.45, 2.75) is 32.9 Å². The first-order valence-electron chi connectivity index (χ1n) is 7.66. The molecule has 0 saturated carbocycles. The largest absolute Gasteiger partial charge is 0.392 e. The van der Waals surface area contributed by atoms with Crippen LogP contribution in [0.2, 0.25) is 0 Å². The lowest BCUT2D eigenvalue weighted by atomic mass is 9.96. The summed E-state index contributed by atoms with van der Waals surface area (Å²) in [4.78, 5) is 16.1. The number of amides is 1. The normalized spacial score (nSPS) is 23.0. The molecule has 4 nitrogen and oxygen atoms in total. The smallest absolute Gasteiger partial charge is 0.236 e. The Kier molecular flexibility index (Phi) is 5.37. The number of likely N-dealkylation sites (N-methyl/N-ethyl adjacent to an activating group) is 1. The van der Waals surface area contributed by atoms with Gasteiger partial charge >= 0.3 is 0 Å². The summed E-state index contributed by atoms with van der Waals surface area (Å²) in [6, 6.07) is 8.14. The van der Waals surface area contributed by atoms with Crippen LogP contribution in [0.25, 0.3) is 0 Å². The standard InChI is InChI=1S/C17H26N2O2/c1-13-6-4-5-7-15(13)10-18(3)17(21)12-19-9-8-14(2)16(20)11-19/h4-7,14,16,20H,8-12H2,1-3H3. The van der Waals surface area contributed by atoms with Crippen LogP contribution in [0, 0.1) is 12.8 Å². The van der Waals surface area contributed by atoms with E-state index in [0.717, 1.165) is 13.0 Å². The predicted molar refractivity (Wildman–Crippen MR) is 83.9 cm³/mol. The number of carbonyl (C=O) groups excluding carboxylic acids is 1. The Bertz CT molecular complexity index is 489. The highest BCUT2D eigenvalue weighted by Crippen LogP contribution is 2.17. The average molecular weight is 290 g/mol. The summed E-state index contributed by atoms with van der Waals surface area (Å²) in [6.07, 6.45) is 0.642. The molecule has 2 unspecified atom stereocenters. The van der Waals surface area contributed by atoms with Crippen LogP contribution in [-0.2, 0) is 11.3 Å². The van der Waals surface area contributed by atoms with Crippen molar-refractivity contribution in [1.29, 1.82) is 0 Å². The first-order chi connectivity index (χ1) is 9.97. The molecule has 1 heterocycles. The fourth-order valence-electron chi connectivity index (χ4n) is 2.70. The minimum absolute atomic E-state index is 0.111. The predicted octanol–water partition coefficient (Wildman–Crippen LogP) is 1.66. The lowest BCUT2D eigenvalue weighted by molar-refractivity contribution is -0.132. The molecule has 0 spiro atoms. The van der Waals surface area contributed by atoms with Crippen LogP contribution in [0.4, 0.5) is 0 Å². The van der Waals surface area contributed by atoms with E-state index in [4.69, 9.17) is 0 Å². The highest BCUT2D eigenvalue weighted by molar-refractivity contribution is 5.78. The van der Waals surface area contributed by atoms with Crippen molar-refractivity contribution in [3.8, 4) is 0 Å². The van der Waals surface area contributed by atoms with Crippen molar-refractivity contribution in [1.82, 2.24) is 9.80 Å². The van der Waals surface area contributed by atoms with Gasteiger partial charge in [-0.2, -0.15) is 0 Å². The molecule has 1 saturated heterocycles. The third-order valence-corrected chi connectivity index (χ3v) is 4.46. The first-order valence-corrected chi connectivity index (χ1v) is 7.66. The van der Waals surface area contributed by atoms with Gasteiger partial charge in [0, 0.05) is 20.1 Å². The number of β-amino-alcohol motifs (C(OH)–C–C–N with tert-alkyl or cyclic N) is 1. The molecule has 0 aliphatic carbocycles. The van der Waals surface area contributed by atoms with Gasteiger partial charge in [-0.15, -0.1) is 0 Å². The summed E-state index contributed by atoms with van der Waals surface area (Å²) in [5, 5.41) is 9.90. The summed E-state index contributed by atoms with van der Waals surface area (Å²) in [5.74, 6) is 0.445. The van der Waals surface area contributed by atoms with E-state index in [2.05, 4.69) is 30.9 Å². The second-order valence-electron chi connectivity index (χ2n) is 6.24. The highest BCUT2D eigenvalue weighted by atomic mass is 16.3. The van der Waals surface area contributed by atoms with Gasteiger partial charge in [0.1, 0.15) is 0 Å². The van der Waals surface area contributed by atoms with E-state index in [0.29, 0.717) is 25.6 Å². The highest BCUT2D eigenvalue weighted by Gasteiger charge is 2.26. The van der Waals surface area contributed by atoms with Crippen molar-refractivity contribution in [3.05, 3.63) is 35.4 Å². The first kappa shape index (κ1) is 16.0. The van der Waals surface area contributed by atoms with Gasteiger partial charge in [0.05, 0.1) is 12.6 Å². The zero-order chi connectivity index (χ0) is 15.4. The van der Waals surface area contributed by atoms with Gasteiger partial charge in [-0.05, 0) is 36.9 Å². The summed E-state index contributed by atoms with van der Waals surface area (Å²) >= 11 is 0. The van der Waals surface area contributed by atoms with E-state index >= 15 is 0 Å². The number of carbonyl (C=O) groups is 1. The van der Waals surface area contributed by atoms with Crippen LogP contribution in [0.15, 0.2) is 24.3 Å². The van der Waals surface area contributed by atoms with E-state index in [-0.39, 0.29) is 12.0 Å². The Hall–Kier alpha value is -1.39. The van der Waals surface area contributed by atoms with E-state index in [1.807, 2.05) is 19.2 Å². The lowest BCUT2D eigenvalue weighted by Gasteiger charge is -2.34. The molecule has 1 amide bonds. The molecular formula is C17H26N2O2. The fourth-order valence-corrected chi connectivity index (χ4v) is 2.70. The van der Waals surface area contributed by atoms with Crippen LogP contribution >= 0.6 is 0 Å². The van der Waals surface area contributed by atoms with Gasteiger partial charge < -0.3 is 10.0 Å². The zero-order valence-corrected chi connectivity index (χ0v) is 13.2. The van der Waals surface area contributed by atoms with E-state index in [9.17, 15) is 9.90 Å². The molecule has 1 N–H and O–H groups in total. The summed E-state index contributed by atoms with van der Waals surface area (Å²) in [6.45, 7) is 6.65. The summed E-state index contributed by atoms with van der Waals surface area (Å²) in [7, 11) is 1.85. The molecule has 21 heavy (non-hydrogen) atoms. The molecule has 4 heteroatoms. The molecule has 0 aromatic heterocycles. The number of nitrogens with zero attached hydrogens (tertiary/aromatic N) is 2. The van der Waals surface area contributed by atoms with Crippen molar-refractivity contribution >= 4 is 5.91 Å². The van der Waals surface area contributed by atoms with Crippen molar-refractivity contribution in [3.63, 3.8) is 0 Å². The van der Waals surface area contributed by atoms with Crippen LogP contribution < -0.4 is 0 Å². The SMILES string of the molecule is Cc1ccccc1CN(C)C(=O)CN1CCC(C)C(O)C1. The molecule has 1 fully saturated rings. The van der Waals surface area contributed by atoms with Crippen molar-refractivity contribution in [2.24, 2.45) is 5.92 Å². The second kappa shape index (κ2) is 7.05. The number of hydrogen-bond donors (Lipinski definition) is 1. The number of benzene rings is 1. The Labute approximate surface area is 127 Å². The number of aryl methyl sites for hydroxylation is 1. The Morgan fingerprint density at radius 3 is 2.81 bits per heavy atom. The third-order valence-electron chi connectivity index (χ3n) is 4.46. The maximum absolute atomic E-state index is 12.3. The number of aliphatic hydroxyl groups excluding tert-OH is 1. The average Bonchev–Trinajstić information content (AvgIpc) is 2.45. The van der Waals surface area contributed by atoms with E-state index in [1.54, 1.807) is 4.90 Å². The number of hydrogen-bond acceptors (Lipinski definition) is 3. The van der Waals surface area contributed by atoms with Crippen LogP contribution in [0.1, 0.15) is 24.5 Å². The van der Waals surface area contributed by atoms with Crippen molar-refractivity contribution < 1.29 is 9.90 Å². The molecule has 0 bridgehead atoms. The molecule has 1 aromatic carbocycles. The van der Waals surface area contributed by atoms with Gasteiger partial charge in [0.25, 0.3) is 0 Å². The maximum atomic E-state index is 12.3. The minimum atomic E-state index is -0.312. The third kappa shape index (κ3) is 4.29. The fraction of sp³-hybridized carbons (Fsp3) is 0.588. The molecule has 2 atom stereocenters. The number of likely N-dealkylation sites (tertiary alicyclic amines) is 1. The van der Waals surface area contributed by atoms with Crippen LogP contribution in [0.3, 0.4) is 0 Å². The molecule has 1 aromatic rings. The summed E-state index contributed by atoms with van der Waals surface area (Å²) < 4.78 is 0. The quantitative estimate of drug-likeness (QED) is 0.917. The van der Waals surface area contributed by atoms with E-state index < -0.39 is 0 Å². The molecule has 116 valence electrons. The zero-order valence-electron chi connectivity index (χ0n) is 13.2. The van der Waals surface area contributed by atoms with E-state index in [1.165, 1.54) is 11.1 Å². The van der Waals surface area contributed by atoms with Gasteiger partial charge in [0.2, 0.25) is 5.91 Å². The molecular weight excluding hydrogens is 264 g/mol. The monoisotopic (exact) mass is 290 g/mol. The molecule has 2 rings (SSSR count). The Morgan fingerprint density at radius 2 is 2.14 bits per heavy atom. The van der Waals surface area contributed by atoms with Gasteiger partial charge in [-0.3, -0.25) is 9.69 Å². The van der Waals surface area contributed by atoms with Crippen LogP contribution in [0.5, 0.6) is 0 Å². The van der Waals surface area contributed by atoms with Crippen molar-refractivity contribution in [2.75, 3.05) is 26.7 Å². The second-order valence-corrected chi connectivity index (χ2v) is 6.24.